The third-order valence-corrected chi connectivity index (χ3v) is 5.17. The van der Waals surface area contributed by atoms with Crippen molar-refractivity contribution < 1.29 is 13.2 Å². The maximum atomic E-state index is 12.2. The number of ether oxygens (including phenoxy) is 1. The highest BCUT2D eigenvalue weighted by Gasteiger charge is 2.24. The van der Waals surface area contributed by atoms with Crippen LogP contribution in [-0.4, -0.2) is 27.3 Å². The SMILES string of the molecule is COc1cc(C)c(S(=O)(=O)C(C)CN)cc1C. The fourth-order valence-corrected chi connectivity index (χ4v) is 3.17. The van der Waals surface area contributed by atoms with E-state index in [1.165, 1.54) is 0 Å². The summed E-state index contributed by atoms with van der Waals surface area (Å²) >= 11 is 0. The van der Waals surface area contributed by atoms with Crippen LogP contribution in [0.25, 0.3) is 0 Å². The predicted molar refractivity (Wildman–Crippen MR) is 68.2 cm³/mol. The lowest BCUT2D eigenvalue weighted by Crippen LogP contribution is -2.27. The number of hydrogen-bond donors (Lipinski definition) is 1. The Morgan fingerprint density at radius 2 is 1.88 bits per heavy atom. The van der Waals surface area contributed by atoms with E-state index >= 15 is 0 Å². The second kappa shape index (κ2) is 5.06. The van der Waals surface area contributed by atoms with Crippen molar-refractivity contribution in [3.05, 3.63) is 23.3 Å². The Bertz CT molecular complexity index is 509. The first-order valence-electron chi connectivity index (χ1n) is 5.43. The lowest BCUT2D eigenvalue weighted by atomic mass is 10.1. The summed E-state index contributed by atoms with van der Waals surface area (Å²) in [7, 11) is -1.78. The zero-order valence-corrected chi connectivity index (χ0v) is 11.5. The van der Waals surface area contributed by atoms with E-state index in [0.717, 1.165) is 5.56 Å². The smallest absolute Gasteiger partial charge is 0.182 e. The summed E-state index contributed by atoms with van der Waals surface area (Å²) in [4.78, 5) is 0.341. The summed E-state index contributed by atoms with van der Waals surface area (Å²) in [5.74, 6) is 0.696. The zero-order valence-electron chi connectivity index (χ0n) is 10.6. The molecule has 0 aliphatic carbocycles. The first-order chi connectivity index (χ1) is 7.84. The molecule has 0 radical (unpaired) electrons. The summed E-state index contributed by atoms with van der Waals surface area (Å²) in [6.45, 7) is 5.32. The first kappa shape index (κ1) is 14.0. The van der Waals surface area contributed by atoms with Gasteiger partial charge in [0.25, 0.3) is 0 Å². The highest BCUT2D eigenvalue weighted by molar-refractivity contribution is 7.92. The van der Waals surface area contributed by atoms with Crippen molar-refractivity contribution >= 4 is 9.84 Å². The maximum absolute atomic E-state index is 12.2. The first-order valence-corrected chi connectivity index (χ1v) is 6.98. The summed E-state index contributed by atoms with van der Waals surface area (Å²) in [6, 6.07) is 3.39. The predicted octanol–water partition coefficient (Wildman–Crippen LogP) is 1.43. The molecule has 0 heterocycles. The summed E-state index contributed by atoms with van der Waals surface area (Å²) < 4.78 is 29.6. The Morgan fingerprint density at radius 1 is 1.29 bits per heavy atom. The van der Waals surface area contributed by atoms with E-state index in [2.05, 4.69) is 0 Å². The van der Waals surface area contributed by atoms with Crippen molar-refractivity contribution in [1.82, 2.24) is 0 Å². The third kappa shape index (κ3) is 2.61. The zero-order chi connectivity index (χ0) is 13.2. The van der Waals surface area contributed by atoms with Gasteiger partial charge in [-0.1, -0.05) is 0 Å². The molecule has 0 saturated heterocycles. The van der Waals surface area contributed by atoms with Crippen LogP contribution in [0.3, 0.4) is 0 Å². The van der Waals surface area contributed by atoms with Gasteiger partial charge in [0.05, 0.1) is 17.3 Å². The molecule has 0 fully saturated rings. The molecule has 2 N–H and O–H groups in total. The van der Waals surface area contributed by atoms with Crippen LogP contribution in [0.2, 0.25) is 0 Å². The van der Waals surface area contributed by atoms with E-state index in [4.69, 9.17) is 10.5 Å². The molecule has 0 aromatic heterocycles. The molecule has 1 rings (SSSR count). The molecule has 1 atom stereocenters. The Balaban J connectivity index is 3.39. The van der Waals surface area contributed by atoms with Crippen molar-refractivity contribution in [1.29, 1.82) is 0 Å². The van der Waals surface area contributed by atoms with Gasteiger partial charge in [-0.05, 0) is 44.0 Å². The molecule has 5 heteroatoms. The quantitative estimate of drug-likeness (QED) is 0.886. The lowest BCUT2D eigenvalue weighted by Gasteiger charge is -2.15. The fourth-order valence-electron chi connectivity index (χ4n) is 1.63. The normalized spacial score (nSPS) is 13.5. The molecule has 0 saturated carbocycles. The van der Waals surface area contributed by atoms with Gasteiger partial charge in [0.15, 0.2) is 9.84 Å². The number of sulfone groups is 1. The van der Waals surface area contributed by atoms with Crippen molar-refractivity contribution in [2.24, 2.45) is 5.73 Å². The minimum atomic E-state index is -3.35. The minimum Gasteiger partial charge on any atom is -0.496 e. The van der Waals surface area contributed by atoms with Crippen molar-refractivity contribution in [3.63, 3.8) is 0 Å². The molecule has 1 aromatic rings. The van der Waals surface area contributed by atoms with E-state index in [1.54, 1.807) is 33.1 Å². The molecule has 0 amide bonds. The van der Waals surface area contributed by atoms with Gasteiger partial charge in [0.1, 0.15) is 5.75 Å². The van der Waals surface area contributed by atoms with Crippen LogP contribution < -0.4 is 10.5 Å². The molecular weight excluding hydrogens is 238 g/mol. The van der Waals surface area contributed by atoms with E-state index in [0.29, 0.717) is 16.2 Å². The molecule has 1 aromatic carbocycles. The Kier molecular flexibility index (Phi) is 4.16. The third-order valence-electron chi connectivity index (χ3n) is 2.86. The average molecular weight is 257 g/mol. The monoisotopic (exact) mass is 257 g/mol. The van der Waals surface area contributed by atoms with Gasteiger partial charge in [-0.25, -0.2) is 8.42 Å². The Hall–Kier alpha value is -1.07. The molecule has 0 bridgehead atoms. The number of rotatable bonds is 4. The molecule has 4 nitrogen and oxygen atoms in total. The Morgan fingerprint density at radius 3 is 2.35 bits per heavy atom. The summed E-state index contributed by atoms with van der Waals surface area (Å²) in [6.07, 6.45) is 0. The summed E-state index contributed by atoms with van der Waals surface area (Å²) in [5, 5.41) is -0.575. The van der Waals surface area contributed by atoms with Gasteiger partial charge in [0.2, 0.25) is 0 Å². The van der Waals surface area contributed by atoms with E-state index in [-0.39, 0.29) is 6.54 Å². The number of hydrogen-bond acceptors (Lipinski definition) is 4. The number of aryl methyl sites for hydroxylation is 2. The van der Waals surface area contributed by atoms with Crippen LogP contribution in [0, 0.1) is 13.8 Å². The van der Waals surface area contributed by atoms with E-state index < -0.39 is 15.1 Å². The van der Waals surface area contributed by atoms with Gasteiger partial charge in [-0.2, -0.15) is 0 Å². The number of benzene rings is 1. The molecule has 17 heavy (non-hydrogen) atoms. The molecule has 0 aliphatic rings. The molecular formula is C12H19NO3S. The standard InChI is InChI=1S/C12H19NO3S/c1-8-6-12(9(2)5-11(8)16-4)17(14,15)10(3)7-13/h5-6,10H,7,13H2,1-4H3. The van der Waals surface area contributed by atoms with E-state index in [1.807, 2.05) is 6.92 Å². The average Bonchev–Trinajstić information content (AvgIpc) is 2.30. The van der Waals surface area contributed by atoms with Crippen LogP contribution >= 0.6 is 0 Å². The largest absolute Gasteiger partial charge is 0.496 e. The van der Waals surface area contributed by atoms with Crippen LogP contribution in [0.4, 0.5) is 0 Å². The van der Waals surface area contributed by atoms with Crippen molar-refractivity contribution in [2.75, 3.05) is 13.7 Å². The fraction of sp³-hybridized carbons (Fsp3) is 0.500. The lowest BCUT2D eigenvalue weighted by molar-refractivity contribution is 0.411. The van der Waals surface area contributed by atoms with Crippen molar-refractivity contribution in [2.45, 2.75) is 30.9 Å². The highest BCUT2D eigenvalue weighted by Crippen LogP contribution is 2.27. The van der Waals surface area contributed by atoms with Crippen LogP contribution in [0.5, 0.6) is 5.75 Å². The van der Waals surface area contributed by atoms with Crippen LogP contribution in [0.15, 0.2) is 17.0 Å². The van der Waals surface area contributed by atoms with Crippen LogP contribution in [-0.2, 0) is 9.84 Å². The highest BCUT2D eigenvalue weighted by atomic mass is 32.2. The molecule has 1 unspecified atom stereocenters. The minimum absolute atomic E-state index is 0.118. The van der Waals surface area contributed by atoms with Crippen LogP contribution in [0.1, 0.15) is 18.1 Å². The van der Waals surface area contributed by atoms with Gasteiger partial charge in [0, 0.05) is 6.54 Å². The Labute approximate surface area is 103 Å². The second-order valence-corrected chi connectivity index (χ2v) is 6.51. The topological polar surface area (TPSA) is 69.4 Å². The van der Waals surface area contributed by atoms with Crippen molar-refractivity contribution in [3.8, 4) is 5.75 Å². The van der Waals surface area contributed by atoms with E-state index in [9.17, 15) is 8.42 Å². The number of methoxy groups -OCH3 is 1. The van der Waals surface area contributed by atoms with Gasteiger partial charge in [-0.3, -0.25) is 0 Å². The number of nitrogens with two attached hydrogens (primary N) is 1. The maximum Gasteiger partial charge on any atom is 0.182 e. The molecule has 0 spiro atoms. The second-order valence-electron chi connectivity index (χ2n) is 4.18. The molecule has 96 valence electrons. The van der Waals surface area contributed by atoms with Gasteiger partial charge in [-0.15, -0.1) is 0 Å². The molecule has 0 aliphatic heterocycles. The van der Waals surface area contributed by atoms with Gasteiger partial charge < -0.3 is 10.5 Å². The summed E-state index contributed by atoms with van der Waals surface area (Å²) in [5.41, 5.74) is 6.93. The van der Waals surface area contributed by atoms with Gasteiger partial charge >= 0.3 is 0 Å².